The Kier molecular flexibility index (Phi) is 5.43. The normalized spacial score (nSPS) is 11.7. The molecule has 0 saturated carbocycles. The first-order valence-corrected chi connectivity index (χ1v) is 8.87. The summed E-state index contributed by atoms with van der Waals surface area (Å²) in [5.41, 5.74) is 6.99. The number of rotatable bonds is 6. The van der Waals surface area contributed by atoms with Crippen molar-refractivity contribution in [3.63, 3.8) is 0 Å². The molecule has 0 spiro atoms. The van der Waals surface area contributed by atoms with Crippen molar-refractivity contribution < 1.29 is 14.0 Å². The third kappa shape index (κ3) is 3.97. The fraction of sp³-hybridized carbons (Fsp3) is 0.100. The first-order valence-electron chi connectivity index (χ1n) is 7.99. The SMILES string of the molecule is NC(=O)[C@@H](c1ccccc1)N(Cc1ccc(F)cc1)C(=O)c1cccs1. The van der Waals surface area contributed by atoms with Crippen LogP contribution in [-0.4, -0.2) is 16.7 Å². The van der Waals surface area contributed by atoms with Crippen molar-refractivity contribution in [1.82, 2.24) is 4.90 Å². The van der Waals surface area contributed by atoms with Gasteiger partial charge in [-0.15, -0.1) is 11.3 Å². The number of hydrogen-bond donors (Lipinski definition) is 1. The van der Waals surface area contributed by atoms with Crippen LogP contribution in [0.3, 0.4) is 0 Å². The molecule has 2 amide bonds. The van der Waals surface area contributed by atoms with Crippen LogP contribution in [-0.2, 0) is 11.3 Å². The summed E-state index contributed by atoms with van der Waals surface area (Å²) in [6.07, 6.45) is 0. The van der Waals surface area contributed by atoms with Crippen LogP contribution in [0.2, 0.25) is 0 Å². The number of thiophene rings is 1. The van der Waals surface area contributed by atoms with Crippen LogP contribution in [0.5, 0.6) is 0 Å². The van der Waals surface area contributed by atoms with Crippen LogP contribution >= 0.6 is 11.3 Å². The van der Waals surface area contributed by atoms with E-state index in [1.165, 1.54) is 28.4 Å². The Morgan fingerprint density at radius 1 is 1.00 bits per heavy atom. The summed E-state index contributed by atoms with van der Waals surface area (Å²) in [6, 6.07) is 17.3. The average Bonchev–Trinajstić information content (AvgIpc) is 3.17. The third-order valence-electron chi connectivity index (χ3n) is 3.96. The summed E-state index contributed by atoms with van der Waals surface area (Å²) < 4.78 is 13.2. The zero-order valence-electron chi connectivity index (χ0n) is 13.8. The van der Waals surface area contributed by atoms with Gasteiger partial charge in [-0.25, -0.2) is 4.39 Å². The average molecular weight is 368 g/mol. The predicted octanol–water partition coefficient (Wildman–Crippen LogP) is 3.76. The zero-order valence-corrected chi connectivity index (χ0v) is 14.7. The smallest absolute Gasteiger partial charge is 0.265 e. The number of carbonyl (C=O) groups is 2. The topological polar surface area (TPSA) is 63.4 Å². The first-order chi connectivity index (χ1) is 12.6. The van der Waals surface area contributed by atoms with Crippen molar-refractivity contribution in [2.24, 2.45) is 5.73 Å². The van der Waals surface area contributed by atoms with Crippen molar-refractivity contribution in [3.8, 4) is 0 Å². The van der Waals surface area contributed by atoms with Gasteiger partial charge in [0.2, 0.25) is 5.91 Å². The minimum absolute atomic E-state index is 0.138. The predicted molar refractivity (Wildman–Crippen MR) is 99.0 cm³/mol. The van der Waals surface area contributed by atoms with E-state index in [0.29, 0.717) is 16.0 Å². The highest BCUT2D eigenvalue weighted by Crippen LogP contribution is 2.26. The molecule has 6 heteroatoms. The Morgan fingerprint density at radius 2 is 1.69 bits per heavy atom. The van der Waals surface area contributed by atoms with E-state index in [4.69, 9.17) is 5.73 Å². The van der Waals surface area contributed by atoms with Gasteiger partial charge in [0.05, 0.1) is 4.88 Å². The van der Waals surface area contributed by atoms with E-state index in [0.717, 1.165) is 0 Å². The van der Waals surface area contributed by atoms with E-state index in [-0.39, 0.29) is 18.3 Å². The van der Waals surface area contributed by atoms with Crippen LogP contribution in [0.4, 0.5) is 4.39 Å². The number of halogens is 1. The van der Waals surface area contributed by atoms with Crippen LogP contribution < -0.4 is 5.73 Å². The van der Waals surface area contributed by atoms with E-state index in [9.17, 15) is 14.0 Å². The van der Waals surface area contributed by atoms with Crippen molar-refractivity contribution >= 4 is 23.2 Å². The number of amides is 2. The number of nitrogens with two attached hydrogens (primary N) is 1. The highest BCUT2D eigenvalue weighted by Gasteiger charge is 2.31. The van der Waals surface area contributed by atoms with E-state index in [1.807, 2.05) is 6.07 Å². The summed E-state index contributed by atoms with van der Waals surface area (Å²) in [6.45, 7) is 0.138. The minimum atomic E-state index is -0.921. The van der Waals surface area contributed by atoms with Crippen LogP contribution in [0.25, 0.3) is 0 Å². The fourth-order valence-corrected chi connectivity index (χ4v) is 3.42. The summed E-state index contributed by atoms with van der Waals surface area (Å²) in [5, 5.41) is 1.80. The Hall–Kier alpha value is -2.99. The second-order valence-corrected chi connectivity index (χ2v) is 6.70. The van der Waals surface area contributed by atoms with Gasteiger partial charge in [-0.3, -0.25) is 9.59 Å². The molecule has 1 aromatic heterocycles. The van der Waals surface area contributed by atoms with Crippen LogP contribution in [0.15, 0.2) is 72.1 Å². The van der Waals surface area contributed by atoms with Crippen molar-refractivity contribution in [3.05, 3.63) is 93.9 Å². The Bertz CT molecular complexity index is 880. The van der Waals surface area contributed by atoms with Gasteiger partial charge in [0.25, 0.3) is 5.91 Å². The Labute approximate surface area is 154 Å². The fourth-order valence-electron chi connectivity index (χ4n) is 2.74. The van der Waals surface area contributed by atoms with E-state index < -0.39 is 11.9 Å². The number of carbonyl (C=O) groups excluding carboxylic acids is 2. The highest BCUT2D eigenvalue weighted by molar-refractivity contribution is 7.12. The molecule has 2 aromatic carbocycles. The largest absolute Gasteiger partial charge is 0.368 e. The second kappa shape index (κ2) is 7.93. The Balaban J connectivity index is 2.01. The molecule has 4 nitrogen and oxygen atoms in total. The van der Waals surface area contributed by atoms with Gasteiger partial charge in [0, 0.05) is 6.54 Å². The molecular weight excluding hydrogens is 351 g/mol. The molecule has 26 heavy (non-hydrogen) atoms. The molecule has 0 aliphatic rings. The summed E-state index contributed by atoms with van der Waals surface area (Å²) in [4.78, 5) is 27.2. The zero-order chi connectivity index (χ0) is 18.5. The second-order valence-electron chi connectivity index (χ2n) is 5.75. The maximum absolute atomic E-state index is 13.2. The van der Waals surface area contributed by atoms with E-state index >= 15 is 0 Å². The Morgan fingerprint density at radius 3 is 2.27 bits per heavy atom. The van der Waals surface area contributed by atoms with Gasteiger partial charge in [-0.1, -0.05) is 48.5 Å². The molecule has 1 heterocycles. The van der Waals surface area contributed by atoms with Crippen molar-refractivity contribution in [1.29, 1.82) is 0 Å². The molecule has 0 bridgehead atoms. The molecule has 0 aliphatic heterocycles. The number of primary amides is 1. The molecule has 3 aromatic rings. The minimum Gasteiger partial charge on any atom is -0.368 e. The van der Waals surface area contributed by atoms with Gasteiger partial charge >= 0.3 is 0 Å². The highest BCUT2D eigenvalue weighted by atomic mass is 32.1. The summed E-state index contributed by atoms with van der Waals surface area (Å²) in [7, 11) is 0. The first kappa shape index (κ1) is 17.8. The molecule has 132 valence electrons. The molecule has 0 saturated heterocycles. The molecular formula is C20H17FN2O2S. The van der Waals surface area contributed by atoms with E-state index in [1.54, 1.807) is 53.9 Å². The summed E-state index contributed by atoms with van der Waals surface area (Å²) >= 11 is 1.29. The molecule has 0 radical (unpaired) electrons. The van der Waals surface area contributed by atoms with Gasteiger partial charge in [0.1, 0.15) is 11.9 Å². The third-order valence-corrected chi connectivity index (χ3v) is 4.81. The number of nitrogens with zero attached hydrogens (tertiary/aromatic N) is 1. The monoisotopic (exact) mass is 368 g/mol. The molecule has 0 aliphatic carbocycles. The molecule has 1 atom stereocenters. The molecule has 3 rings (SSSR count). The molecule has 0 unspecified atom stereocenters. The number of benzene rings is 2. The van der Waals surface area contributed by atoms with Crippen LogP contribution in [0, 0.1) is 5.82 Å². The van der Waals surface area contributed by atoms with Crippen molar-refractivity contribution in [2.75, 3.05) is 0 Å². The lowest BCUT2D eigenvalue weighted by Gasteiger charge is -2.30. The molecule has 2 N–H and O–H groups in total. The number of hydrogen-bond acceptors (Lipinski definition) is 3. The lowest BCUT2D eigenvalue weighted by molar-refractivity contribution is -0.122. The van der Waals surface area contributed by atoms with Gasteiger partial charge in [-0.05, 0) is 34.7 Å². The lowest BCUT2D eigenvalue weighted by Crippen LogP contribution is -2.41. The van der Waals surface area contributed by atoms with Crippen LogP contribution in [0.1, 0.15) is 26.8 Å². The van der Waals surface area contributed by atoms with E-state index in [2.05, 4.69) is 0 Å². The quantitative estimate of drug-likeness (QED) is 0.720. The van der Waals surface area contributed by atoms with Crippen molar-refractivity contribution in [2.45, 2.75) is 12.6 Å². The van der Waals surface area contributed by atoms with Gasteiger partial charge < -0.3 is 10.6 Å². The standard InChI is InChI=1S/C20H17FN2O2S/c21-16-10-8-14(9-11-16)13-23(20(25)17-7-4-12-26-17)18(19(22)24)15-5-2-1-3-6-15/h1-12,18H,13H2,(H2,22,24)/t18-/m1/s1. The van der Waals surface area contributed by atoms with Gasteiger partial charge in [-0.2, -0.15) is 0 Å². The molecule has 0 fully saturated rings. The maximum Gasteiger partial charge on any atom is 0.265 e. The summed E-state index contributed by atoms with van der Waals surface area (Å²) in [5.74, 6) is -1.28. The van der Waals surface area contributed by atoms with Gasteiger partial charge in [0.15, 0.2) is 0 Å². The lowest BCUT2D eigenvalue weighted by atomic mass is 10.0. The maximum atomic E-state index is 13.2.